The first-order valence-corrected chi connectivity index (χ1v) is 20.3. The Labute approximate surface area is 286 Å². The van der Waals surface area contributed by atoms with Crippen molar-refractivity contribution < 1.29 is 24.5 Å². The number of ether oxygens (including phenoxy) is 2. The number of hydrogen-bond acceptors (Lipinski definition) is 5. The minimum absolute atomic E-state index is 0.175. The molecule has 0 aliphatic heterocycles. The highest BCUT2D eigenvalue weighted by molar-refractivity contribution is 5.80. The number of hydrogen-bond donors (Lipinski definition) is 3. The Morgan fingerprint density at radius 3 is 1.24 bits per heavy atom. The van der Waals surface area contributed by atoms with Crippen molar-refractivity contribution in [2.24, 2.45) is 11.1 Å². The molecule has 6 heteroatoms. The topological polar surface area (TPSA) is 102 Å². The molecule has 0 aromatic carbocycles. The molecule has 0 bridgehead atoms. The molecule has 276 valence electrons. The first kappa shape index (κ1) is 45.3. The van der Waals surface area contributed by atoms with Gasteiger partial charge in [0.1, 0.15) is 0 Å². The molecule has 2 unspecified atom stereocenters. The summed E-state index contributed by atoms with van der Waals surface area (Å²) >= 11 is 0. The van der Waals surface area contributed by atoms with Crippen LogP contribution in [0.4, 0.5) is 0 Å². The van der Waals surface area contributed by atoms with Gasteiger partial charge in [-0.25, -0.2) is 0 Å². The summed E-state index contributed by atoms with van der Waals surface area (Å²) in [4.78, 5) is 12.9. The zero-order valence-corrected chi connectivity index (χ0v) is 31.0. The van der Waals surface area contributed by atoms with Crippen LogP contribution in [0, 0.1) is 5.41 Å². The molecule has 1 amide bonds. The summed E-state index contributed by atoms with van der Waals surface area (Å²) in [7, 11) is 0. The Morgan fingerprint density at radius 1 is 0.522 bits per heavy atom. The molecule has 0 heterocycles. The third-order valence-corrected chi connectivity index (χ3v) is 9.87. The standard InChI is InChI=1S/C40H81NO5/c1-3-5-7-9-11-13-15-16-17-18-20-22-24-26-33-45-34-27-31-40(39(41)44,32-28-35-46-36-29-38(43)37-42)30-25-23-21-19-14-12-10-8-6-4-2/h38,42-43H,3-37H2,1-2H3,(H2,41,44). The van der Waals surface area contributed by atoms with Gasteiger partial charge in [0, 0.05) is 31.8 Å². The highest BCUT2D eigenvalue weighted by Gasteiger charge is 2.35. The van der Waals surface area contributed by atoms with Crippen LogP contribution in [0.3, 0.4) is 0 Å². The fourth-order valence-corrected chi connectivity index (χ4v) is 6.63. The third-order valence-electron chi connectivity index (χ3n) is 9.87. The second-order valence-corrected chi connectivity index (χ2v) is 14.2. The third kappa shape index (κ3) is 29.4. The second kappa shape index (κ2) is 35.6. The van der Waals surface area contributed by atoms with E-state index < -0.39 is 11.5 Å². The Hall–Kier alpha value is -0.690. The van der Waals surface area contributed by atoms with Crippen molar-refractivity contribution in [3.05, 3.63) is 0 Å². The molecule has 0 radical (unpaired) electrons. The molecule has 0 aliphatic rings. The first-order valence-electron chi connectivity index (χ1n) is 20.3. The maximum atomic E-state index is 12.9. The predicted molar refractivity (Wildman–Crippen MR) is 196 cm³/mol. The first-order chi connectivity index (χ1) is 22.5. The lowest BCUT2D eigenvalue weighted by Gasteiger charge is -2.31. The maximum absolute atomic E-state index is 12.9. The number of primary amides is 1. The molecule has 46 heavy (non-hydrogen) atoms. The van der Waals surface area contributed by atoms with Gasteiger partial charge in [-0.2, -0.15) is 0 Å². The monoisotopic (exact) mass is 656 g/mol. The van der Waals surface area contributed by atoms with E-state index in [4.69, 9.17) is 20.3 Å². The molecule has 0 aliphatic carbocycles. The van der Waals surface area contributed by atoms with Crippen molar-refractivity contribution in [1.29, 1.82) is 0 Å². The minimum atomic E-state index is -0.731. The van der Waals surface area contributed by atoms with E-state index in [1.54, 1.807) is 0 Å². The molecular weight excluding hydrogens is 574 g/mol. The normalized spacial score (nSPS) is 13.7. The van der Waals surface area contributed by atoms with Gasteiger partial charge in [0.25, 0.3) is 0 Å². The SMILES string of the molecule is CCCCCCCCCCCCCCCCOCCCC(CCCCCCCCCCCC)(CCCOCCC(O)CO)C(N)=O. The molecule has 4 N–H and O–H groups in total. The average molecular weight is 656 g/mol. The minimum Gasteiger partial charge on any atom is -0.394 e. The highest BCUT2D eigenvalue weighted by Crippen LogP contribution is 2.36. The van der Waals surface area contributed by atoms with Crippen molar-refractivity contribution in [1.82, 2.24) is 0 Å². The van der Waals surface area contributed by atoms with Gasteiger partial charge < -0.3 is 25.4 Å². The maximum Gasteiger partial charge on any atom is 0.223 e. The number of amides is 1. The number of carbonyl (C=O) groups excluding carboxylic acids is 1. The van der Waals surface area contributed by atoms with E-state index in [1.165, 1.54) is 135 Å². The molecule has 0 spiro atoms. The lowest BCUT2D eigenvalue weighted by molar-refractivity contribution is -0.129. The zero-order chi connectivity index (χ0) is 33.8. The van der Waals surface area contributed by atoms with Gasteiger partial charge in [-0.15, -0.1) is 0 Å². The van der Waals surface area contributed by atoms with E-state index >= 15 is 0 Å². The van der Waals surface area contributed by atoms with E-state index in [-0.39, 0.29) is 12.5 Å². The van der Waals surface area contributed by atoms with Crippen molar-refractivity contribution in [2.75, 3.05) is 33.0 Å². The van der Waals surface area contributed by atoms with Crippen molar-refractivity contribution in [2.45, 2.75) is 213 Å². The van der Waals surface area contributed by atoms with Crippen molar-refractivity contribution in [3.63, 3.8) is 0 Å². The lowest BCUT2D eigenvalue weighted by atomic mass is 9.74. The van der Waals surface area contributed by atoms with Gasteiger partial charge in [0.2, 0.25) is 5.91 Å². The Kier molecular flexibility index (Phi) is 35.1. The van der Waals surface area contributed by atoms with Crippen LogP contribution in [-0.4, -0.2) is 55.3 Å². The fourth-order valence-electron chi connectivity index (χ4n) is 6.63. The molecule has 0 aromatic heterocycles. The van der Waals surface area contributed by atoms with Crippen LogP contribution < -0.4 is 5.73 Å². The van der Waals surface area contributed by atoms with Crippen LogP contribution in [0.5, 0.6) is 0 Å². The van der Waals surface area contributed by atoms with Crippen LogP contribution in [0.25, 0.3) is 0 Å². The van der Waals surface area contributed by atoms with E-state index in [9.17, 15) is 9.90 Å². The zero-order valence-electron chi connectivity index (χ0n) is 31.0. The van der Waals surface area contributed by atoms with Gasteiger partial charge in [-0.05, 0) is 44.9 Å². The summed E-state index contributed by atoms with van der Waals surface area (Å²) in [6, 6.07) is 0. The molecule has 0 rings (SSSR count). The quantitative estimate of drug-likeness (QED) is 0.0572. The van der Waals surface area contributed by atoms with Gasteiger partial charge in [-0.1, -0.05) is 162 Å². The number of unbranched alkanes of at least 4 members (excludes halogenated alkanes) is 22. The molecule has 0 saturated heterocycles. The summed E-state index contributed by atoms with van der Waals surface area (Å²) in [6.45, 7) is 6.77. The van der Waals surface area contributed by atoms with Gasteiger partial charge in [0.05, 0.1) is 12.7 Å². The van der Waals surface area contributed by atoms with E-state index in [2.05, 4.69) is 13.8 Å². The number of aliphatic hydroxyl groups excluding tert-OH is 2. The summed E-state index contributed by atoms with van der Waals surface area (Å²) < 4.78 is 11.7. The van der Waals surface area contributed by atoms with Crippen LogP contribution in [-0.2, 0) is 14.3 Å². The fraction of sp³-hybridized carbons (Fsp3) is 0.975. The van der Waals surface area contributed by atoms with Crippen molar-refractivity contribution in [3.8, 4) is 0 Å². The smallest absolute Gasteiger partial charge is 0.223 e. The van der Waals surface area contributed by atoms with Gasteiger partial charge in [0.15, 0.2) is 0 Å². The van der Waals surface area contributed by atoms with Crippen LogP contribution in [0.2, 0.25) is 0 Å². The van der Waals surface area contributed by atoms with Gasteiger partial charge in [-0.3, -0.25) is 4.79 Å². The Morgan fingerprint density at radius 2 is 0.848 bits per heavy atom. The number of nitrogens with two attached hydrogens (primary N) is 1. The van der Waals surface area contributed by atoms with Crippen LogP contribution in [0.15, 0.2) is 0 Å². The largest absolute Gasteiger partial charge is 0.394 e. The van der Waals surface area contributed by atoms with Crippen LogP contribution >= 0.6 is 0 Å². The van der Waals surface area contributed by atoms with E-state index in [1.807, 2.05) is 0 Å². The van der Waals surface area contributed by atoms with Crippen molar-refractivity contribution >= 4 is 5.91 Å². The Bertz CT molecular complexity index is 618. The molecule has 6 nitrogen and oxygen atoms in total. The molecule has 0 saturated carbocycles. The summed E-state index contributed by atoms with van der Waals surface area (Å²) in [6.07, 6.45) is 35.5. The molecule has 0 fully saturated rings. The average Bonchev–Trinajstić information content (AvgIpc) is 3.05. The number of rotatable bonds is 39. The van der Waals surface area contributed by atoms with Gasteiger partial charge >= 0.3 is 0 Å². The molecule has 2 atom stereocenters. The van der Waals surface area contributed by atoms with E-state index in [0.29, 0.717) is 26.2 Å². The molecule has 0 aromatic rings. The Balaban J connectivity index is 4.21. The molecular formula is C40H81NO5. The predicted octanol–water partition coefficient (Wildman–Crippen LogP) is 10.6. The van der Waals surface area contributed by atoms with E-state index in [0.717, 1.165) is 58.0 Å². The lowest BCUT2D eigenvalue weighted by Crippen LogP contribution is -2.38. The number of carbonyl (C=O) groups is 1. The summed E-state index contributed by atoms with van der Waals surface area (Å²) in [5, 5.41) is 18.5. The summed E-state index contributed by atoms with van der Waals surface area (Å²) in [5.41, 5.74) is 5.59. The summed E-state index contributed by atoms with van der Waals surface area (Å²) in [5.74, 6) is -0.175. The number of aliphatic hydroxyl groups is 2. The van der Waals surface area contributed by atoms with Crippen LogP contribution in [0.1, 0.15) is 206 Å². The second-order valence-electron chi connectivity index (χ2n) is 14.2. The highest BCUT2D eigenvalue weighted by atomic mass is 16.5.